The van der Waals surface area contributed by atoms with Crippen molar-refractivity contribution in [3.8, 4) is 0 Å². The van der Waals surface area contributed by atoms with Gasteiger partial charge >= 0.3 is 0 Å². The first-order valence-electron chi connectivity index (χ1n) is 6.09. The minimum absolute atomic E-state index is 0.243. The van der Waals surface area contributed by atoms with E-state index in [1.165, 1.54) is 12.8 Å². The van der Waals surface area contributed by atoms with Gasteiger partial charge in [-0.25, -0.2) is 4.98 Å². The van der Waals surface area contributed by atoms with Gasteiger partial charge in [-0.2, -0.15) is 0 Å². The minimum Gasteiger partial charge on any atom is -0.395 e. The van der Waals surface area contributed by atoms with Crippen molar-refractivity contribution in [3.05, 3.63) is 18.2 Å². The molecule has 0 aliphatic carbocycles. The molecule has 0 atom stereocenters. The van der Waals surface area contributed by atoms with Crippen LogP contribution in [0, 0.1) is 6.92 Å². The predicted molar refractivity (Wildman–Crippen MR) is 65.4 cm³/mol. The zero-order valence-electron chi connectivity index (χ0n) is 10.4. The fraction of sp³-hybridized carbons (Fsp3) is 0.750. The molecule has 0 bridgehead atoms. The van der Waals surface area contributed by atoms with Crippen LogP contribution in [0.4, 0.5) is 0 Å². The molecular formula is C12H23N3O. The molecule has 0 unspecified atom stereocenters. The average Bonchev–Trinajstić information content (AvgIpc) is 2.68. The van der Waals surface area contributed by atoms with Crippen LogP contribution in [-0.4, -0.2) is 45.8 Å². The lowest BCUT2D eigenvalue weighted by molar-refractivity contribution is 0.189. The second kappa shape index (κ2) is 7.41. The maximum atomic E-state index is 8.99. The van der Waals surface area contributed by atoms with E-state index in [1.807, 2.05) is 19.3 Å². The van der Waals surface area contributed by atoms with Crippen LogP contribution in [-0.2, 0) is 6.54 Å². The standard InChI is InChI=1S/C12H23N3O/c1-3-4-6-14(10-11-16)8-9-15-7-5-13-12(15)2/h5,7,16H,3-4,6,8-11H2,1-2H3. The van der Waals surface area contributed by atoms with Crippen LogP contribution < -0.4 is 0 Å². The first-order chi connectivity index (χ1) is 7.77. The molecule has 4 nitrogen and oxygen atoms in total. The molecule has 1 heterocycles. The highest BCUT2D eigenvalue weighted by molar-refractivity contribution is 4.88. The lowest BCUT2D eigenvalue weighted by atomic mass is 10.3. The van der Waals surface area contributed by atoms with Gasteiger partial charge in [0.1, 0.15) is 5.82 Å². The maximum absolute atomic E-state index is 8.99. The first kappa shape index (κ1) is 13.2. The number of nitrogens with zero attached hydrogens (tertiary/aromatic N) is 3. The number of hydrogen-bond donors (Lipinski definition) is 1. The number of rotatable bonds is 8. The first-order valence-corrected chi connectivity index (χ1v) is 6.09. The van der Waals surface area contributed by atoms with Gasteiger partial charge in [0, 0.05) is 32.0 Å². The van der Waals surface area contributed by atoms with E-state index in [-0.39, 0.29) is 6.61 Å². The normalized spacial score (nSPS) is 11.2. The number of hydrogen-bond acceptors (Lipinski definition) is 3. The fourth-order valence-electron chi connectivity index (χ4n) is 1.75. The van der Waals surface area contributed by atoms with Gasteiger partial charge < -0.3 is 9.67 Å². The molecule has 0 aromatic carbocycles. The molecule has 1 aromatic rings. The Balaban J connectivity index is 2.34. The van der Waals surface area contributed by atoms with E-state index in [0.717, 1.165) is 32.0 Å². The Labute approximate surface area is 97.9 Å². The number of aryl methyl sites for hydroxylation is 1. The number of aliphatic hydroxyl groups excluding tert-OH is 1. The van der Waals surface area contributed by atoms with E-state index >= 15 is 0 Å². The van der Waals surface area contributed by atoms with Crippen molar-refractivity contribution in [2.24, 2.45) is 0 Å². The number of unbranched alkanes of at least 4 members (excludes halogenated alkanes) is 1. The van der Waals surface area contributed by atoms with Crippen molar-refractivity contribution in [1.82, 2.24) is 14.5 Å². The van der Waals surface area contributed by atoms with E-state index in [1.54, 1.807) is 0 Å². The minimum atomic E-state index is 0.243. The Bertz CT molecular complexity index is 286. The van der Waals surface area contributed by atoms with Crippen LogP contribution in [0.3, 0.4) is 0 Å². The quantitative estimate of drug-likeness (QED) is 0.725. The molecule has 16 heavy (non-hydrogen) atoms. The zero-order valence-corrected chi connectivity index (χ0v) is 10.4. The molecule has 0 fully saturated rings. The summed E-state index contributed by atoms with van der Waals surface area (Å²) in [6, 6.07) is 0. The van der Waals surface area contributed by atoms with Gasteiger partial charge in [-0.3, -0.25) is 4.90 Å². The third-order valence-corrected chi connectivity index (χ3v) is 2.82. The summed E-state index contributed by atoms with van der Waals surface area (Å²) in [6.07, 6.45) is 6.24. The second-order valence-electron chi connectivity index (χ2n) is 4.09. The molecule has 1 N–H and O–H groups in total. The maximum Gasteiger partial charge on any atom is 0.105 e. The zero-order chi connectivity index (χ0) is 11.8. The molecular weight excluding hydrogens is 202 g/mol. The third kappa shape index (κ3) is 4.33. The van der Waals surface area contributed by atoms with E-state index in [9.17, 15) is 0 Å². The van der Waals surface area contributed by atoms with Crippen LogP contribution in [0.5, 0.6) is 0 Å². The molecule has 4 heteroatoms. The predicted octanol–water partition coefficient (Wildman–Crippen LogP) is 1.29. The third-order valence-electron chi connectivity index (χ3n) is 2.82. The number of aliphatic hydroxyl groups is 1. The summed E-state index contributed by atoms with van der Waals surface area (Å²) < 4.78 is 2.15. The van der Waals surface area contributed by atoms with Crippen molar-refractivity contribution >= 4 is 0 Å². The van der Waals surface area contributed by atoms with E-state index in [0.29, 0.717) is 0 Å². The Kier molecular flexibility index (Phi) is 6.11. The molecule has 0 amide bonds. The van der Waals surface area contributed by atoms with Crippen molar-refractivity contribution in [1.29, 1.82) is 0 Å². The lowest BCUT2D eigenvalue weighted by Gasteiger charge is -2.21. The molecule has 1 rings (SSSR count). The number of imidazole rings is 1. The Hall–Kier alpha value is -0.870. The van der Waals surface area contributed by atoms with E-state index < -0.39 is 0 Å². The highest BCUT2D eigenvalue weighted by Gasteiger charge is 2.04. The van der Waals surface area contributed by atoms with Gasteiger partial charge in [0.05, 0.1) is 6.61 Å². The molecule has 0 aliphatic heterocycles. The molecule has 92 valence electrons. The van der Waals surface area contributed by atoms with Crippen LogP contribution in [0.1, 0.15) is 25.6 Å². The second-order valence-corrected chi connectivity index (χ2v) is 4.09. The van der Waals surface area contributed by atoms with Gasteiger partial charge in [-0.05, 0) is 19.9 Å². The molecule has 0 spiro atoms. The smallest absolute Gasteiger partial charge is 0.105 e. The van der Waals surface area contributed by atoms with Gasteiger partial charge in [-0.15, -0.1) is 0 Å². The summed E-state index contributed by atoms with van der Waals surface area (Å²) in [4.78, 5) is 6.51. The van der Waals surface area contributed by atoms with Crippen LogP contribution in [0.15, 0.2) is 12.4 Å². The van der Waals surface area contributed by atoms with Crippen LogP contribution in [0.2, 0.25) is 0 Å². The Morgan fingerprint density at radius 2 is 2.19 bits per heavy atom. The Morgan fingerprint density at radius 1 is 1.38 bits per heavy atom. The van der Waals surface area contributed by atoms with Gasteiger partial charge in [0.2, 0.25) is 0 Å². The summed E-state index contributed by atoms with van der Waals surface area (Å²) in [7, 11) is 0. The SMILES string of the molecule is CCCCN(CCO)CCn1ccnc1C. The summed E-state index contributed by atoms with van der Waals surface area (Å²) >= 11 is 0. The highest BCUT2D eigenvalue weighted by Crippen LogP contribution is 1.99. The summed E-state index contributed by atoms with van der Waals surface area (Å²) in [5, 5.41) is 8.99. The van der Waals surface area contributed by atoms with Gasteiger partial charge in [0.15, 0.2) is 0 Å². The molecule has 0 radical (unpaired) electrons. The average molecular weight is 225 g/mol. The summed E-state index contributed by atoms with van der Waals surface area (Å²) in [5.74, 6) is 1.06. The highest BCUT2D eigenvalue weighted by atomic mass is 16.3. The summed E-state index contributed by atoms with van der Waals surface area (Å²) in [6.45, 7) is 8.23. The molecule has 0 aliphatic rings. The van der Waals surface area contributed by atoms with E-state index in [4.69, 9.17) is 5.11 Å². The topological polar surface area (TPSA) is 41.3 Å². The van der Waals surface area contributed by atoms with Crippen LogP contribution in [0.25, 0.3) is 0 Å². The van der Waals surface area contributed by atoms with E-state index in [2.05, 4.69) is 21.4 Å². The fourth-order valence-corrected chi connectivity index (χ4v) is 1.75. The summed E-state index contributed by atoms with van der Waals surface area (Å²) in [5.41, 5.74) is 0. The largest absolute Gasteiger partial charge is 0.395 e. The van der Waals surface area contributed by atoms with Crippen molar-refractivity contribution in [3.63, 3.8) is 0 Å². The molecule has 0 saturated heterocycles. The van der Waals surface area contributed by atoms with Crippen LogP contribution >= 0.6 is 0 Å². The van der Waals surface area contributed by atoms with Crippen molar-refractivity contribution in [2.75, 3.05) is 26.2 Å². The van der Waals surface area contributed by atoms with Crippen molar-refractivity contribution in [2.45, 2.75) is 33.2 Å². The monoisotopic (exact) mass is 225 g/mol. The Morgan fingerprint density at radius 3 is 2.75 bits per heavy atom. The van der Waals surface area contributed by atoms with Crippen molar-refractivity contribution < 1.29 is 5.11 Å². The number of aromatic nitrogens is 2. The van der Waals surface area contributed by atoms with Gasteiger partial charge in [0.25, 0.3) is 0 Å². The molecule has 0 saturated carbocycles. The lowest BCUT2D eigenvalue weighted by Crippen LogP contribution is -2.31. The van der Waals surface area contributed by atoms with Gasteiger partial charge in [-0.1, -0.05) is 13.3 Å². The molecule has 1 aromatic heterocycles.